The Morgan fingerprint density at radius 1 is 1.67 bits per heavy atom. The van der Waals surface area contributed by atoms with E-state index in [2.05, 4.69) is 4.98 Å². The zero-order valence-corrected chi connectivity index (χ0v) is 9.27. The first-order chi connectivity index (χ1) is 7.00. The Kier molecular flexibility index (Phi) is 3.66. The van der Waals surface area contributed by atoms with E-state index in [4.69, 9.17) is 5.11 Å². The van der Waals surface area contributed by atoms with Gasteiger partial charge >= 0.3 is 5.97 Å². The minimum atomic E-state index is -0.771. The molecule has 0 spiro atoms. The van der Waals surface area contributed by atoms with Gasteiger partial charge in [0.15, 0.2) is 0 Å². The summed E-state index contributed by atoms with van der Waals surface area (Å²) in [5, 5.41) is 8.79. The van der Waals surface area contributed by atoms with Gasteiger partial charge in [-0.1, -0.05) is 6.92 Å². The fourth-order valence-corrected chi connectivity index (χ4v) is 1.36. The highest BCUT2D eigenvalue weighted by molar-refractivity contribution is 5.70. The Morgan fingerprint density at radius 3 is 2.87 bits per heavy atom. The largest absolute Gasteiger partial charge is 0.481 e. The number of carboxylic acids is 1. The van der Waals surface area contributed by atoms with Gasteiger partial charge in [-0.05, 0) is 19.1 Å². The maximum atomic E-state index is 10.7. The van der Waals surface area contributed by atoms with Crippen LogP contribution in [0, 0.1) is 12.8 Å². The van der Waals surface area contributed by atoms with Crippen LogP contribution < -0.4 is 4.90 Å². The summed E-state index contributed by atoms with van der Waals surface area (Å²) < 4.78 is 0. The number of anilines is 1. The predicted octanol–water partition coefficient (Wildman–Crippen LogP) is 1.55. The second-order valence-corrected chi connectivity index (χ2v) is 3.78. The summed E-state index contributed by atoms with van der Waals surface area (Å²) in [6.45, 7) is 4.11. The van der Waals surface area contributed by atoms with Crippen LogP contribution >= 0.6 is 0 Å². The fourth-order valence-electron chi connectivity index (χ4n) is 1.36. The molecule has 1 aromatic rings. The van der Waals surface area contributed by atoms with E-state index < -0.39 is 5.97 Å². The topological polar surface area (TPSA) is 53.4 Å². The van der Waals surface area contributed by atoms with Gasteiger partial charge in [-0.25, -0.2) is 0 Å². The zero-order chi connectivity index (χ0) is 11.4. The smallest absolute Gasteiger partial charge is 0.308 e. The molecule has 82 valence electrons. The molecule has 0 saturated heterocycles. The second-order valence-electron chi connectivity index (χ2n) is 3.78. The molecule has 4 nitrogen and oxygen atoms in total. The molecule has 1 unspecified atom stereocenters. The van der Waals surface area contributed by atoms with E-state index in [0.29, 0.717) is 6.54 Å². The average Bonchev–Trinajstić information content (AvgIpc) is 2.17. The lowest BCUT2D eigenvalue weighted by Gasteiger charge is -2.21. The lowest BCUT2D eigenvalue weighted by atomic mass is 10.1. The molecule has 0 radical (unpaired) electrons. The normalized spacial score (nSPS) is 12.2. The van der Waals surface area contributed by atoms with Crippen LogP contribution in [0.25, 0.3) is 0 Å². The van der Waals surface area contributed by atoms with Crippen LogP contribution in [0.1, 0.15) is 12.6 Å². The number of nitrogens with zero attached hydrogens (tertiary/aromatic N) is 2. The van der Waals surface area contributed by atoms with Crippen molar-refractivity contribution in [3.63, 3.8) is 0 Å². The molecule has 0 aliphatic carbocycles. The molecular weight excluding hydrogens is 192 g/mol. The first-order valence-corrected chi connectivity index (χ1v) is 4.87. The number of carboxylic acid groups (broad SMARTS) is 1. The lowest BCUT2D eigenvalue weighted by molar-refractivity contribution is -0.140. The molecule has 0 aliphatic heterocycles. The van der Waals surface area contributed by atoms with Gasteiger partial charge in [0.25, 0.3) is 0 Å². The van der Waals surface area contributed by atoms with E-state index in [-0.39, 0.29) is 5.92 Å². The summed E-state index contributed by atoms with van der Waals surface area (Å²) in [6, 6.07) is 3.82. The van der Waals surface area contributed by atoms with Crippen molar-refractivity contribution >= 4 is 11.7 Å². The third-order valence-electron chi connectivity index (χ3n) is 2.29. The van der Waals surface area contributed by atoms with E-state index >= 15 is 0 Å². The van der Waals surface area contributed by atoms with Crippen molar-refractivity contribution in [3.8, 4) is 0 Å². The summed E-state index contributed by atoms with van der Waals surface area (Å²) in [5.74, 6) is -1.14. The molecule has 4 heteroatoms. The third-order valence-corrected chi connectivity index (χ3v) is 2.29. The SMILES string of the molecule is Cc1cc(N(C)CC(C)C(=O)O)ccn1. The maximum Gasteiger partial charge on any atom is 0.308 e. The molecule has 1 N–H and O–H groups in total. The van der Waals surface area contributed by atoms with Crippen molar-refractivity contribution in [2.75, 3.05) is 18.5 Å². The predicted molar refractivity (Wildman–Crippen MR) is 59.0 cm³/mol. The van der Waals surface area contributed by atoms with E-state index in [9.17, 15) is 4.79 Å². The number of hydrogen-bond acceptors (Lipinski definition) is 3. The van der Waals surface area contributed by atoms with Gasteiger partial charge in [-0.3, -0.25) is 9.78 Å². The first kappa shape index (κ1) is 11.5. The molecule has 1 heterocycles. The molecule has 0 aliphatic rings. The van der Waals surface area contributed by atoms with E-state index in [1.165, 1.54) is 0 Å². The minimum Gasteiger partial charge on any atom is -0.481 e. The molecule has 1 atom stereocenters. The summed E-state index contributed by atoms with van der Waals surface area (Å²) in [4.78, 5) is 16.7. The highest BCUT2D eigenvalue weighted by atomic mass is 16.4. The van der Waals surface area contributed by atoms with Crippen LogP contribution in [-0.4, -0.2) is 29.7 Å². The van der Waals surface area contributed by atoms with Crippen molar-refractivity contribution in [1.29, 1.82) is 0 Å². The average molecular weight is 208 g/mol. The molecule has 0 saturated carbocycles. The molecule has 0 aromatic carbocycles. The Hall–Kier alpha value is -1.58. The molecule has 0 bridgehead atoms. The van der Waals surface area contributed by atoms with Gasteiger partial charge in [0, 0.05) is 31.2 Å². The summed E-state index contributed by atoms with van der Waals surface area (Å²) in [6.07, 6.45) is 1.73. The van der Waals surface area contributed by atoms with Gasteiger partial charge in [-0.15, -0.1) is 0 Å². The molecule has 15 heavy (non-hydrogen) atoms. The Labute approximate surface area is 89.6 Å². The van der Waals surface area contributed by atoms with Crippen molar-refractivity contribution in [3.05, 3.63) is 24.0 Å². The summed E-state index contributed by atoms with van der Waals surface area (Å²) >= 11 is 0. The molecular formula is C11H16N2O2. The monoisotopic (exact) mass is 208 g/mol. The fraction of sp³-hybridized carbons (Fsp3) is 0.455. The Balaban J connectivity index is 2.68. The van der Waals surface area contributed by atoms with Crippen molar-refractivity contribution in [1.82, 2.24) is 4.98 Å². The number of aromatic nitrogens is 1. The standard InChI is InChI=1S/C11H16N2O2/c1-8(11(14)15)7-13(3)10-4-5-12-9(2)6-10/h4-6,8H,7H2,1-3H3,(H,14,15). The van der Waals surface area contributed by atoms with Crippen molar-refractivity contribution in [2.24, 2.45) is 5.92 Å². The van der Waals surface area contributed by atoms with E-state index in [1.807, 2.05) is 31.0 Å². The van der Waals surface area contributed by atoms with Gasteiger partial charge in [0.2, 0.25) is 0 Å². The highest BCUT2D eigenvalue weighted by Gasteiger charge is 2.13. The maximum absolute atomic E-state index is 10.7. The van der Waals surface area contributed by atoms with Gasteiger partial charge in [-0.2, -0.15) is 0 Å². The number of rotatable bonds is 4. The molecule has 1 rings (SSSR count). The van der Waals surface area contributed by atoms with Gasteiger partial charge < -0.3 is 10.0 Å². The minimum absolute atomic E-state index is 0.372. The van der Waals surface area contributed by atoms with Crippen LogP contribution in [0.2, 0.25) is 0 Å². The van der Waals surface area contributed by atoms with E-state index in [1.54, 1.807) is 13.1 Å². The van der Waals surface area contributed by atoms with Gasteiger partial charge in [0.05, 0.1) is 5.92 Å². The van der Waals surface area contributed by atoms with Crippen LogP contribution in [0.4, 0.5) is 5.69 Å². The van der Waals surface area contributed by atoms with E-state index in [0.717, 1.165) is 11.4 Å². The lowest BCUT2D eigenvalue weighted by Crippen LogP contribution is -2.28. The Bertz CT molecular complexity index is 352. The number of pyridine rings is 1. The third kappa shape index (κ3) is 3.23. The zero-order valence-electron chi connectivity index (χ0n) is 9.27. The number of hydrogen-bond donors (Lipinski definition) is 1. The van der Waals surface area contributed by atoms with Crippen LogP contribution in [0.3, 0.4) is 0 Å². The summed E-state index contributed by atoms with van der Waals surface area (Å²) in [5.41, 5.74) is 1.93. The van der Waals surface area contributed by atoms with Crippen LogP contribution in [0.5, 0.6) is 0 Å². The molecule has 0 fully saturated rings. The van der Waals surface area contributed by atoms with Gasteiger partial charge in [0.1, 0.15) is 0 Å². The molecule has 0 amide bonds. The van der Waals surface area contributed by atoms with Crippen LogP contribution in [0.15, 0.2) is 18.3 Å². The Morgan fingerprint density at radius 2 is 2.33 bits per heavy atom. The number of aryl methyl sites for hydroxylation is 1. The highest BCUT2D eigenvalue weighted by Crippen LogP contribution is 2.13. The van der Waals surface area contributed by atoms with Crippen LogP contribution in [-0.2, 0) is 4.79 Å². The summed E-state index contributed by atoms with van der Waals surface area (Å²) in [7, 11) is 1.88. The number of aliphatic carboxylic acids is 1. The molecule has 1 aromatic heterocycles. The number of carbonyl (C=O) groups is 1. The van der Waals surface area contributed by atoms with Crippen molar-refractivity contribution < 1.29 is 9.90 Å². The quantitative estimate of drug-likeness (QED) is 0.815. The van der Waals surface area contributed by atoms with Crippen molar-refractivity contribution in [2.45, 2.75) is 13.8 Å². The second kappa shape index (κ2) is 4.77. The first-order valence-electron chi connectivity index (χ1n) is 4.87.